The topological polar surface area (TPSA) is 15.3 Å². The first-order valence-electron chi connectivity index (χ1n) is 20.6. The molecule has 0 bridgehead atoms. The van der Waals surface area contributed by atoms with Crippen molar-refractivity contribution in [3.63, 3.8) is 0 Å². The van der Waals surface area contributed by atoms with Crippen molar-refractivity contribution in [1.82, 2.24) is 0 Å². The van der Waals surface area contributed by atoms with Crippen LogP contribution in [0, 0.1) is 0 Å². The van der Waals surface area contributed by atoms with Crippen LogP contribution >= 0.6 is 0 Å². The van der Waals surface area contributed by atoms with Crippen molar-refractivity contribution >= 4 is 46.6 Å². The summed E-state index contributed by atoms with van der Waals surface area (Å²) in [6, 6.07) is 45.8. The van der Waals surface area contributed by atoms with Gasteiger partial charge in [-0.25, -0.2) is 0 Å². The highest BCUT2D eigenvalue weighted by Gasteiger charge is 2.42. The maximum Gasteiger partial charge on any atom is 0.197 e. The molecule has 55 heavy (non-hydrogen) atoms. The van der Waals surface area contributed by atoms with Crippen LogP contribution in [0.15, 0.2) is 121 Å². The van der Waals surface area contributed by atoms with Gasteiger partial charge in [-0.15, -0.1) is 0 Å². The summed E-state index contributed by atoms with van der Waals surface area (Å²) in [4.78, 5) is 2.61. The predicted molar refractivity (Wildman–Crippen MR) is 237 cm³/mol. The monoisotopic (exact) mass is 717 g/mol. The second-order valence-corrected chi connectivity index (χ2v) is 18.2. The number of rotatable bonds is 8. The Bertz CT molecular complexity index is 2420. The largest absolute Gasteiger partial charge is 0.355 e. The van der Waals surface area contributed by atoms with E-state index < -0.39 is 0 Å². The highest BCUT2D eigenvalue weighted by molar-refractivity contribution is 6.73. The number of aryl methyl sites for hydroxylation is 1. The van der Waals surface area contributed by atoms with E-state index in [1.807, 2.05) is 0 Å². The molecule has 0 saturated heterocycles. The molecule has 0 unspecified atom stereocenters. The first-order chi connectivity index (χ1) is 26.5. The van der Waals surface area contributed by atoms with Gasteiger partial charge >= 0.3 is 0 Å². The standard InChI is InChI=1S/C52H54BN2/c1-8-9-11-17-34-30-39(48-47(31-34)55-46-23-15-14-20-40(46)52(6,7)41-21-16-22-44(53-48)49(41)55)38-32-42-43(51(4,5)29-28-50(42,2)3)33-45(38)54-37-26-24-36(25-27-37)35-18-12-10-13-19-35/h10,12-16,18-27,30-33,54H,8-9,11,17,28-29H2,1-7H3. The minimum atomic E-state index is -0.102. The number of benzene rings is 6. The Kier molecular flexibility index (Phi) is 8.65. The number of hydrogen-bond acceptors (Lipinski definition) is 2. The molecule has 3 aliphatic rings. The number of hydrogen-bond donors (Lipinski definition) is 1. The Labute approximate surface area is 330 Å². The lowest BCUT2D eigenvalue weighted by atomic mass is 9.55. The van der Waals surface area contributed by atoms with Crippen LogP contribution in [0.5, 0.6) is 0 Å². The minimum Gasteiger partial charge on any atom is -0.355 e. The van der Waals surface area contributed by atoms with E-state index in [1.54, 1.807) is 0 Å². The Morgan fingerprint density at radius 1 is 0.600 bits per heavy atom. The predicted octanol–water partition coefficient (Wildman–Crippen LogP) is 12.9. The SMILES string of the molecule is CCCCCc1cc(-c2cc3c(cc2Nc2ccc(-c4ccccc4)cc2)C(C)(C)CCC3(C)C)c2c(c1)N1c3ccccc3C(C)(C)c3cccc(c31)[B]2. The molecule has 0 aromatic heterocycles. The normalized spacial score (nSPS) is 16.6. The molecule has 1 radical (unpaired) electrons. The van der Waals surface area contributed by atoms with Crippen LogP contribution in [0.25, 0.3) is 22.3 Å². The van der Waals surface area contributed by atoms with Crippen molar-refractivity contribution in [2.24, 2.45) is 0 Å². The van der Waals surface area contributed by atoms with E-state index in [0.29, 0.717) is 0 Å². The zero-order chi connectivity index (χ0) is 38.1. The van der Waals surface area contributed by atoms with E-state index in [1.165, 1.54) is 116 Å². The summed E-state index contributed by atoms with van der Waals surface area (Å²) in [5.41, 5.74) is 21.1. The fourth-order valence-electron chi connectivity index (χ4n) is 9.75. The molecule has 2 aliphatic heterocycles. The zero-order valence-electron chi connectivity index (χ0n) is 33.8. The lowest BCUT2D eigenvalue weighted by Crippen LogP contribution is -2.45. The third kappa shape index (κ3) is 6.02. The van der Waals surface area contributed by atoms with Gasteiger partial charge in [-0.3, -0.25) is 0 Å². The van der Waals surface area contributed by atoms with Crippen LogP contribution < -0.4 is 21.1 Å². The maximum absolute atomic E-state index is 4.01. The Morgan fingerprint density at radius 3 is 2.02 bits per heavy atom. The van der Waals surface area contributed by atoms with Crippen LogP contribution in [0.4, 0.5) is 28.4 Å². The van der Waals surface area contributed by atoms with E-state index in [4.69, 9.17) is 0 Å². The van der Waals surface area contributed by atoms with Gasteiger partial charge in [0.25, 0.3) is 0 Å². The van der Waals surface area contributed by atoms with E-state index in [9.17, 15) is 0 Å². The molecule has 3 heteroatoms. The summed E-state index contributed by atoms with van der Waals surface area (Å²) >= 11 is 0. The van der Waals surface area contributed by atoms with Crippen molar-refractivity contribution in [3.8, 4) is 22.3 Å². The van der Waals surface area contributed by atoms with Gasteiger partial charge in [0, 0.05) is 33.7 Å². The summed E-state index contributed by atoms with van der Waals surface area (Å²) in [5.74, 6) is 0. The van der Waals surface area contributed by atoms with Crippen LogP contribution in [-0.4, -0.2) is 7.28 Å². The molecule has 0 fully saturated rings. The van der Waals surface area contributed by atoms with Crippen LogP contribution in [0.1, 0.15) is 108 Å². The highest BCUT2D eigenvalue weighted by atomic mass is 15.2. The van der Waals surface area contributed by atoms with Crippen LogP contribution in [0.3, 0.4) is 0 Å². The number of anilines is 5. The Morgan fingerprint density at radius 2 is 1.27 bits per heavy atom. The molecule has 275 valence electrons. The van der Waals surface area contributed by atoms with Crippen LogP contribution in [0.2, 0.25) is 0 Å². The van der Waals surface area contributed by atoms with Crippen molar-refractivity contribution in [3.05, 3.63) is 149 Å². The van der Waals surface area contributed by atoms with Crippen molar-refractivity contribution in [2.45, 2.75) is 103 Å². The molecule has 0 amide bonds. The van der Waals surface area contributed by atoms with E-state index >= 15 is 0 Å². The molecule has 1 aliphatic carbocycles. The molecule has 0 atom stereocenters. The van der Waals surface area contributed by atoms with Gasteiger partial charge in [0.1, 0.15) is 0 Å². The quantitative estimate of drug-likeness (QED) is 0.124. The molecule has 6 aromatic carbocycles. The van der Waals surface area contributed by atoms with Gasteiger partial charge in [0.05, 0.1) is 5.69 Å². The van der Waals surface area contributed by atoms with Crippen LogP contribution in [-0.2, 0) is 22.7 Å². The fourth-order valence-corrected chi connectivity index (χ4v) is 9.75. The molecule has 6 aromatic rings. The Hall–Kier alpha value is -5.02. The van der Waals surface area contributed by atoms with Gasteiger partial charge in [-0.1, -0.05) is 152 Å². The van der Waals surface area contributed by atoms with E-state index in [0.717, 1.165) is 12.1 Å². The summed E-state index contributed by atoms with van der Waals surface area (Å²) in [6.45, 7) is 16.9. The molecule has 9 rings (SSSR count). The number of unbranched alkanes of at least 4 members (excludes halogenated alkanes) is 2. The second-order valence-electron chi connectivity index (χ2n) is 18.2. The molecule has 2 nitrogen and oxygen atoms in total. The van der Waals surface area contributed by atoms with Crippen molar-refractivity contribution in [1.29, 1.82) is 0 Å². The summed E-state index contributed by atoms with van der Waals surface area (Å²) in [6.07, 6.45) is 7.06. The molecule has 2 heterocycles. The van der Waals surface area contributed by atoms with Gasteiger partial charge in [0.15, 0.2) is 7.28 Å². The number of fused-ring (bicyclic) bond motifs is 5. The summed E-state index contributed by atoms with van der Waals surface area (Å²) in [5, 5.41) is 4.01. The summed E-state index contributed by atoms with van der Waals surface area (Å²) in [7, 11) is 2.49. The average molecular weight is 718 g/mol. The molecular weight excluding hydrogens is 663 g/mol. The lowest BCUT2D eigenvalue weighted by molar-refractivity contribution is 0.332. The number of nitrogens with zero attached hydrogens (tertiary/aromatic N) is 1. The minimum absolute atomic E-state index is 0.0802. The number of para-hydroxylation sites is 2. The molecule has 1 N–H and O–H groups in total. The first kappa shape index (κ1) is 35.7. The second kappa shape index (κ2) is 13.3. The third-order valence-electron chi connectivity index (χ3n) is 13.2. The molecular formula is C52H54BN2. The maximum atomic E-state index is 4.01. The lowest BCUT2D eigenvalue weighted by Gasteiger charge is -2.46. The number of nitrogens with one attached hydrogen (secondary N) is 1. The van der Waals surface area contributed by atoms with Crippen molar-refractivity contribution < 1.29 is 0 Å². The average Bonchev–Trinajstić information content (AvgIpc) is 3.19. The zero-order valence-corrected chi connectivity index (χ0v) is 33.8. The fraction of sp³-hybridized carbons (Fsp3) is 0.308. The highest BCUT2D eigenvalue weighted by Crippen LogP contribution is 2.53. The van der Waals surface area contributed by atoms with E-state index in [2.05, 4.69) is 187 Å². The van der Waals surface area contributed by atoms with Crippen molar-refractivity contribution in [2.75, 3.05) is 10.2 Å². The van der Waals surface area contributed by atoms with E-state index in [-0.39, 0.29) is 16.2 Å². The summed E-state index contributed by atoms with van der Waals surface area (Å²) < 4.78 is 0. The first-order valence-corrected chi connectivity index (χ1v) is 20.6. The Balaban J connectivity index is 1.28. The third-order valence-corrected chi connectivity index (χ3v) is 13.2. The van der Waals surface area contributed by atoms with Gasteiger partial charge in [-0.05, 0) is 123 Å². The van der Waals surface area contributed by atoms with Gasteiger partial charge in [-0.2, -0.15) is 0 Å². The van der Waals surface area contributed by atoms with Gasteiger partial charge in [0.2, 0.25) is 0 Å². The molecule has 0 saturated carbocycles. The van der Waals surface area contributed by atoms with Gasteiger partial charge < -0.3 is 10.2 Å². The smallest absolute Gasteiger partial charge is 0.197 e. The molecule has 0 spiro atoms.